The normalized spacial score (nSPS) is 20.1. The predicted octanol–water partition coefficient (Wildman–Crippen LogP) is 3.90. The lowest BCUT2D eigenvalue weighted by atomic mass is 10.0. The van der Waals surface area contributed by atoms with Gasteiger partial charge in [0.1, 0.15) is 5.69 Å². The van der Waals surface area contributed by atoms with Crippen LogP contribution < -0.4 is 5.32 Å². The summed E-state index contributed by atoms with van der Waals surface area (Å²) in [6.45, 7) is 2.96. The van der Waals surface area contributed by atoms with Gasteiger partial charge in [-0.15, -0.1) is 0 Å². The van der Waals surface area contributed by atoms with E-state index in [1.807, 2.05) is 0 Å². The molecule has 1 aliphatic heterocycles. The molecule has 5 nitrogen and oxygen atoms in total. The Hall–Kier alpha value is -1.83. The van der Waals surface area contributed by atoms with Gasteiger partial charge in [0.05, 0.1) is 10.5 Å². The van der Waals surface area contributed by atoms with E-state index in [1.165, 1.54) is 12.8 Å². The number of hydrogen-bond acceptors (Lipinski definition) is 4. The van der Waals surface area contributed by atoms with Crippen LogP contribution in [0.3, 0.4) is 0 Å². The Morgan fingerprint density at radius 1 is 1.21 bits per heavy atom. The van der Waals surface area contributed by atoms with Crippen molar-refractivity contribution in [1.29, 1.82) is 0 Å². The molecule has 0 radical (unpaired) electrons. The second kappa shape index (κ2) is 6.58. The molecule has 1 aromatic rings. The average molecular weight is 343 g/mol. The maximum absolute atomic E-state index is 12.7. The van der Waals surface area contributed by atoms with Gasteiger partial charge in [0.15, 0.2) is 0 Å². The summed E-state index contributed by atoms with van der Waals surface area (Å²) in [7, 11) is 0. The summed E-state index contributed by atoms with van der Waals surface area (Å²) in [4.78, 5) is 12.7. The Morgan fingerprint density at radius 3 is 2.42 bits per heavy atom. The number of piperidine rings is 1. The van der Waals surface area contributed by atoms with Gasteiger partial charge in [-0.25, -0.2) is 0 Å². The van der Waals surface area contributed by atoms with Crippen LogP contribution in [0, 0.1) is 16.0 Å². The van der Waals surface area contributed by atoms with Gasteiger partial charge >= 0.3 is 6.18 Å². The Morgan fingerprint density at radius 2 is 1.88 bits per heavy atom. The van der Waals surface area contributed by atoms with E-state index >= 15 is 0 Å². The Bertz CT molecular complexity index is 609. The SMILES string of the molecule is O=[N+]([O-])c1cc(C(F)(F)F)ccc1NC1CCN(CC2CC2)CC1. The highest BCUT2D eigenvalue weighted by atomic mass is 19.4. The second-order valence-electron chi connectivity index (χ2n) is 6.65. The number of anilines is 1. The molecule has 132 valence electrons. The van der Waals surface area contributed by atoms with Gasteiger partial charge in [0.2, 0.25) is 0 Å². The summed E-state index contributed by atoms with van der Waals surface area (Å²) < 4.78 is 38.2. The lowest BCUT2D eigenvalue weighted by molar-refractivity contribution is -0.384. The van der Waals surface area contributed by atoms with Gasteiger partial charge in [0.25, 0.3) is 5.69 Å². The molecule has 0 atom stereocenters. The van der Waals surface area contributed by atoms with Gasteiger partial charge in [0, 0.05) is 31.7 Å². The highest BCUT2D eigenvalue weighted by Crippen LogP contribution is 2.36. The molecule has 2 aliphatic rings. The number of nitrogens with zero attached hydrogens (tertiary/aromatic N) is 2. The van der Waals surface area contributed by atoms with Crippen molar-refractivity contribution in [2.24, 2.45) is 5.92 Å². The van der Waals surface area contributed by atoms with E-state index < -0.39 is 22.4 Å². The molecule has 1 heterocycles. The van der Waals surface area contributed by atoms with E-state index in [4.69, 9.17) is 0 Å². The van der Waals surface area contributed by atoms with Gasteiger partial charge in [-0.1, -0.05) is 0 Å². The first-order valence-corrected chi connectivity index (χ1v) is 8.17. The molecule has 1 saturated carbocycles. The minimum absolute atomic E-state index is 0.0517. The van der Waals surface area contributed by atoms with Gasteiger partial charge < -0.3 is 10.2 Å². The third-order valence-electron chi connectivity index (χ3n) is 4.68. The van der Waals surface area contributed by atoms with Gasteiger partial charge in [-0.05, 0) is 43.7 Å². The molecule has 1 aliphatic carbocycles. The third kappa shape index (κ3) is 4.17. The van der Waals surface area contributed by atoms with Gasteiger partial charge in [-0.3, -0.25) is 10.1 Å². The molecule has 1 aromatic carbocycles. The molecular formula is C16H20F3N3O2. The number of halogens is 3. The molecule has 0 bridgehead atoms. The molecule has 0 spiro atoms. The Balaban J connectivity index is 1.65. The summed E-state index contributed by atoms with van der Waals surface area (Å²) in [5, 5.41) is 14.2. The van der Waals surface area contributed by atoms with Crippen LogP contribution in [0.4, 0.5) is 24.5 Å². The van der Waals surface area contributed by atoms with Crippen molar-refractivity contribution in [2.75, 3.05) is 25.0 Å². The summed E-state index contributed by atoms with van der Waals surface area (Å²) in [5.74, 6) is 0.825. The summed E-state index contributed by atoms with van der Waals surface area (Å²) >= 11 is 0. The number of rotatable bonds is 5. The maximum Gasteiger partial charge on any atom is 0.416 e. The number of alkyl halides is 3. The summed E-state index contributed by atoms with van der Waals surface area (Å²) in [5.41, 5.74) is -1.36. The topological polar surface area (TPSA) is 58.4 Å². The van der Waals surface area contributed by atoms with E-state index in [2.05, 4.69) is 10.2 Å². The van der Waals surface area contributed by atoms with Crippen LogP contribution in [-0.2, 0) is 6.18 Å². The third-order valence-corrected chi connectivity index (χ3v) is 4.68. The second-order valence-corrected chi connectivity index (χ2v) is 6.65. The van der Waals surface area contributed by atoms with E-state index in [9.17, 15) is 23.3 Å². The fourth-order valence-corrected chi connectivity index (χ4v) is 3.13. The van der Waals surface area contributed by atoms with Gasteiger partial charge in [-0.2, -0.15) is 13.2 Å². The van der Waals surface area contributed by atoms with Crippen molar-refractivity contribution in [3.05, 3.63) is 33.9 Å². The monoisotopic (exact) mass is 343 g/mol. The van der Waals surface area contributed by atoms with Crippen LogP contribution in [0.5, 0.6) is 0 Å². The minimum Gasteiger partial charge on any atom is -0.377 e. The molecule has 24 heavy (non-hydrogen) atoms. The van der Waals surface area contributed by atoms with Crippen molar-refractivity contribution in [3.63, 3.8) is 0 Å². The van der Waals surface area contributed by atoms with Crippen LogP contribution in [0.2, 0.25) is 0 Å². The molecular weight excluding hydrogens is 323 g/mol. The zero-order valence-corrected chi connectivity index (χ0v) is 13.2. The van der Waals surface area contributed by atoms with E-state index in [-0.39, 0.29) is 11.7 Å². The highest BCUT2D eigenvalue weighted by Gasteiger charge is 2.33. The molecule has 1 N–H and O–H groups in total. The smallest absolute Gasteiger partial charge is 0.377 e. The number of hydrogen-bond donors (Lipinski definition) is 1. The average Bonchev–Trinajstić information content (AvgIpc) is 3.32. The number of nitrogens with one attached hydrogen (secondary N) is 1. The van der Waals surface area contributed by atoms with Crippen molar-refractivity contribution in [3.8, 4) is 0 Å². The first kappa shape index (κ1) is 17.0. The zero-order chi connectivity index (χ0) is 17.3. The standard InChI is InChI=1S/C16H20F3N3O2/c17-16(18,19)12-3-4-14(15(9-12)22(23)24)20-13-5-7-21(8-6-13)10-11-1-2-11/h3-4,9,11,13,20H,1-2,5-8,10H2. The van der Waals surface area contributed by atoms with Crippen LogP contribution in [0.1, 0.15) is 31.2 Å². The molecule has 0 unspecified atom stereocenters. The molecule has 8 heteroatoms. The zero-order valence-electron chi connectivity index (χ0n) is 13.2. The first-order chi connectivity index (χ1) is 11.3. The number of likely N-dealkylation sites (tertiary alicyclic amines) is 1. The van der Waals surface area contributed by atoms with Crippen molar-refractivity contribution in [2.45, 2.75) is 37.9 Å². The first-order valence-electron chi connectivity index (χ1n) is 8.17. The van der Waals surface area contributed by atoms with Crippen molar-refractivity contribution < 1.29 is 18.1 Å². The van der Waals surface area contributed by atoms with Crippen LogP contribution in [0.25, 0.3) is 0 Å². The lowest BCUT2D eigenvalue weighted by Gasteiger charge is -2.32. The summed E-state index contributed by atoms with van der Waals surface area (Å²) in [6.07, 6.45) is -0.306. The van der Waals surface area contributed by atoms with Crippen molar-refractivity contribution >= 4 is 11.4 Å². The van der Waals surface area contributed by atoms with E-state index in [1.54, 1.807) is 0 Å². The van der Waals surface area contributed by atoms with Crippen LogP contribution >= 0.6 is 0 Å². The van der Waals surface area contributed by atoms with E-state index in [0.717, 1.165) is 50.5 Å². The highest BCUT2D eigenvalue weighted by molar-refractivity contribution is 5.63. The van der Waals surface area contributed by atoms with Crippen molar-refractivity contribution in [1.82, 2.24) is 4.90 Å². The molecule has 2 fully saturated rings. The molecule has 3 rings (SSSR count). The minimum atomic E-state index is -4.59. The Kier molecular flexibility index (Phi) is 4.67. The van der Waals surface area contributed by atoms with E-state index in [0.29, 0.717) is 6.07 Å². The van der Waals surface area contributed by atoms with Crippen LogP contribution in [-0.4, -0.2) is 35.5 Å². The Labute approximate surface area is 138 Å². The number of nitro benzene ring substituents is 1. The number of nitro groups is 1. The predicted molar refractivity (Wildman–Crippen MR) is 83.9 cm³/mol. The lowest BCUT2D eigenvalue weighted by Crippen LogP contribution is -2.40. The quantitative estimate of drug-likeness (QED) is 0.651. The maximum atomic E-state index is 12.7. The summed E-state index contributed by atoms with van der Waals surface area (Å²) in [6, 6.07) is 2.70. The van der Waals surface area contributed by atoms with Crippen LogP contribution in [0.15, 0.2) is 18.2 Å². The number of benzene rings is 1. The largest absolute Gasteiger partial charge is 0.416 e. The molecule has 0 amide bonds. The fourth-order valence-electron chi connectivity index (χ4n) is 3.13. The fraction of sp³-hybridized carbons (Fsp3) is 0.625. The molecule has 0 aromatic heterocycles. The molecule has 1 saturated heterocycles.